The van der Waals surface area contributed by atoms with Crippen molar-refractivity contribution < 1.29 is 21.6 Å². The van der Waals surface area contributed by atoms with Crippen LogP contribution in [0.25, 0.3) is 10.2 Å². The number of nitrogens with one attached hydrogen (secondary N) is 1. The van der Waals surface area contributed by atoms with E-state index >= 15 is 0 Å². The van der Waals surface area contributed by atoms with E-state index in [2.05, 4.69) is 10.3 Å². The van der Waals surface area contributed by atoms with Crippen LogP contribution in [0.2, 0.25) is 0 Å². The molecule has 1 heterocycles. The van der Waals surface area contributed by atoms with Gasteiger partial charge in [0.05, 0.1) is 20.0 Å². The van der Waals surface area contributed by atoms with Gasteiger partial charge in [0.25, 0.3) is 5.91 Å². The monoisotopic (exact) mass is 558 g/mol. The lowest BCUT2D eigenvalue weighted by atomic mass is 10.2. The van der Waals surface area contributed by atoms with Crippen LogP contribution >= 0.6 is 11.3 Å². The number of carbonyl (C=O) groups excluding carboxylic acids is 1. The van der Waals surface area contributed by atoms with Gasteiger partial charge in [-0.2, -0.15) is 4.31 Å². The molecule has 3 aromatic carbocycles. The first-order valence-electron chi connectivity index (χ1n) is 11.3. The number of amides is 1. The Labute approximate surface area is 220 Å². The van der Waals surface area contributed by atoms with Gasteiger partial charge in [0.1, 0.15) is 0 Å². The van der Waals surface area contributed by atoms with Crippen molar-refractivity contribution in [1.29, 1.82) is 0 Å². The predicted octanol–water partition coefficient (Wildman–Crippen LogP) is 4.01. The third-order valence-electron chi connectivity index (χ3n) is 5.67. The number of hydrogen-bond donors (Lipinski definition) is 1. The van der Waals surface area contributed by atoms with Gasteiger partial charge < -0.3 is 0 Å². The van der Waals surface area contributed by atoms with Crippen LogP contribution in [-0.2, 0) is 26.6 Å². The number of nitrogens with zero attached hydrogens (tertiary/aromatic N) is 3. The highest BCUT2D eigenvalue weighted by Crippen LogP contribution is 2.29. The molecule has 0 saturated carbocycles. The van der Waals surface area contributed by atoms with Crippen molar-refractivity contribution in [2.75, 3.05) is 26.0 Å². The molecule has 1 amide bonds. The molecule has 0 saturated heterocycles. The van der Waals surface area contributed by atoms with E-state index < -0.39 is 26.0 Å². The Kier molecular flexibility index (Phi) is 7.76. The molecule has 9 nitrogen and oxygen atoms in total. The Bertz CT molecular complexity index is 1630. The van der Waals surface area contributed by atoms with E-state index in [-0.39, 0.29) is 21.9 Å². The molecule has 1 aromatic heterocycles. The van der Waals surface area contributed by atoms with Gasteiger partial charge >= 0.3 is 0 Å². The zero-order valence-electron chi connectivity index (χ0n) is 20.5. The lowest BCUT2D eigenvalue weighted by molar-refractivity contribution is 0.102. The number of carbonyl (C=O) groups is 1. The lowest BCUT2D eigenvalue weighted by Crippen LogP contribution is -2.30. The normalized spacial score (nSPS) is 12.4. The first kappa shape index (κ1) is 26.9. The van der Waals surface area contributed by atoms with Gasteiger partial charge in [-0.3, -0.25) is 10.1 Å². The van der Waals surface area contributed by atoms with Gasteiger partial charge in [0, 0.05) is 32.7 Å². The molecular formula is C25H26N4O5S3. The Morgan fingerprint density at radius 2 is 1.54 bits per heavy atom. The molecule has 0 unspecified atom stereocenters. The molecule has 1 N–H and O–H groups in total. The van der Waals surface area contributed by atoms with E-state index in [1.807, 2.05) is 30.3 Å². The fraction of sp³-hybridized carbons (Fsp3) is 0.200. The third-order valence-corrected chi connectivity index (χ3v) is 10.3. The molecule has 4 rings (SSSR count). The molecule has 0 aliphatic carbocycles. The number of benzene rings is 3. The molecule has 0 bridgehead atoms. The topological polar surface area (TPSA) is 117 Å². The van der Waals surface area contributed by atoms with Crippen LogP contribution in [0.15, 0.2) is 82.6 Å². The smallest absolute Gasteiger partial charge is 0.257 e. The highest BCUT2D eigenvalue weighted by atomic mass is 32.2. The average molecular weight is 559 g/mol. The Morgan fingerprint density at radius 3 is 2.16 bits per heavy atom. The molecule has 37 heavy (non-hydrogen) atoms. The number of aromatic nitrogens is 1. The summed E-state index contributed by atoms with van der Waals surface area (Å²) in [5, 5.41) is 3.00. The van der Waals surface area contributed by atoms with Crippen LogP contribution in [0.5, 0.6) is 0 Å². The second kappa shape index (κ2) is 10.7. The van der Waals surface area contributed by atoms with E-state index in [0.29, 0.717) is 21.9 Å². The first-order valence-corrected chi connectivity index (χ1v) is 15.0. The zero-order chi connectivity index (χ0) is 26.8. The molecule has 0 radical (unpaired) electrons. The number of thiazole rings is 1. The van der Waals surface area contributed by atoms with E-state index in [0.717, 1.165) is 21.2 Å². The van der Waals surface area contributed by atoms with Crippen molar-refractivity contribution in [2.24, 2.45) is 0 Å². The molecule has 0 spiro atoms. The first-order chi connectivity index (χ1) is 17.5. The second-order valence-corrected chi connectivity index (χ2v) is 13.5. The van der Waals surface area contributed by atoms with Gasteiger partial charge in [0.2, 0.25) is 20.0 Å². The summed E-state index contributed by atoms with van der Waals surface area (Å²) in [4.78, 5) is 17.4. The standard InChI is InChI=1S/C25H26N4O5S3/c1-4-29(17-18-8-6-5-7-9-18)37(33,34)20-12-10-19(11-13-20)24(30)27-25-26-22-15-14-21(16-23(22)35-25)36(31,32)28(2)3/h5-16H,4,17H2,1-3H3,(H,26,27,30). The maximum Gasteiger partial charge on any atom is 0.257 e. The van der Waals surface area contributed by atoms with E-state index in [1.165, 1.54) is 54.8 Å². The predicted molar refractivity (Wildman–Crippen MR) is 145 cm³/mol. The van der Waals surface area contributed by atoms with Gasteiger partial charge in [-0.1, -0.05) is 48.6 Å². The van der Waals surface area contributed by atoms with Gasteiger partial charge in [0.15, 0.2) is 5.13 Å². The van der Waals surface area contributed by atoms with Crippen molar-refractivity contribution in [3.05, 3.63) is 83.9 Å². The molecule has 0 aliphatic rings. The Hall–Kier alpha value is -3.16. The zero-order valence-corrected chi connectivity index (χ0v) is 22.9. The summed E-state index contributed by atoms with van der Waals surface area (Å²) in [6, 6.07) is 19.6. The Balaban J connectivity index is 1.50. The number of hydrogen-bond acceptors (Lipinski definition) is 7. The van der Waals surface area contributed by atoms with Gasteiger partial charge in [-0.05, 0) is 48.0 Å². The van der Waals surface area contributed by atoms with Crippen LogP contribution in [0.1, 0.15) is 22.8 Å². The molecule has 0 fully saturated rings. The molecule has 4 aromatic rings. The summed E-state index contributed by atoms with van der Waals surface area (Å²) < 4.78 is 54.2. The molecule has 0 atom stereocenters. The quantitative estimate of drug-likeness (QED) is 0.332. The van der Waals surface area contributed by atoms with Crippen LogP contribution in [0.4, 0.5) is 5.13 Å². The highest BCUT2D eigenvalue weighted by Gasteiger charge is 2.24. The summed E-state index contributed by atoms with van der Waals surface area (Å²) in [6.07, 6.45) is 0. The fourth-order valence-corrected chi connectivity index (χ4v) is 6.92. The van der Waals surface area contributed by atoms with Gasteiger partial charge in [-0.15, -0.1) is 0 Å². The third kappa shape index (κ3) is 5.73. The van der Waals surface area contributed by atoms with Crippen LogP contribution in [0, 0.1) is 0 Å². The molecular weight excluding hydrogens is 532 g/mol. The van der Waals surface area contributed by atoms with Crippen molar-refractivity contribution in [2.45, 2.75) is 23.3 Å². The summed E-state index contributed by atoms with van der Waals surface area (Å²) in [7, 11) is -4.44. The Morgan fingerprint density at radius 1 is 0.892 bits per heavy atom. The minimum atomic E-state index is -3.75. The summed E-state index contributed by atoms with van der Waals surface area (Å²) >= 11 is 1.15. The van der Waals surface area contributed by atoms with E-state index in [9.17, 15) is 21.6 Å². The molecule has 12 heteroatoms. The van der Waals surface area contributed by atoms with Crippen molar-refractivity contribution in [3.63, 3.8) is 0 Å². The number of sulfonamides is 2. The maximum atomic E-state index is 13.2. The van der Waals surface area contributed by atoms with Crippen LogP contribution < -0.4 is 5.32 Å². The van der Waals surface area contributed by atoms with Crippen LogP contribution in [0.3, 0.4) is 0 Å². The number of fused-ring (bicyclic) bond motifs is 1. The van der Waals surface area contributed by atoms with E-state index in [1.54, 1.807) is 13.0 Å². The lowest BCUT2D eigenvalue weighted by Gasteiger charge is -2.20. The molecule has 194 valence electrons. The van der Waals surface area contributed by atoms with Gasteiger partial charge in [-0.25, -0.2) is 26.1 Å². The highest BCUT2D eigenvalue weighted by molar-refractivity contribution is 7.89. The van der Waals surface area contributed by atoms with Crippen molar-refractivity contribution >= 4 is 52.6 Å². The van der Waals surface area contributed by atoms with E-state index in [4.69, 9.17) is 0 Å². The summed E-state index contributed by atoms with van der Waals surface area (Å²) in [5.74, 6) is -0.458. The van der Waals surface area contributed by atoms with Crippen molar-refractivity contribution in [1.82, 2.24) is 13.6 Å². The minimum Gasteiger partial charge on any atom is -0.298 e. The number of rotatable bonds is 9. The summed E-state index contributed by atoms with van der Waals surface area (Å²) in [6.45, 7) is 2.32. The SMILES string of the molecule is CCN(Cc1ccccc1)S(=O)(=O)c1ccc(C(=O)Nc2nc3ccc(S(=O)(=O)N(C)C)cc3s2)cc1. The van der Waals surface area contributed by atoms with Crippen LogP contribution in [-0.4, -0.2) is 57.0 Å². The minimum absolute atomic E-state index is 0.0939. The maximum absolute atomic E-state index is 13.2. The number of anilines is 1. The summed E-state index contributed by atoms with van der Waals surface area (Å²) in [5.41, 5.74) is 1.70. The van der Waals surface area contributed by atoms with Crippen molar-refractivity contribution in [3.8, 4) is 0 Å². The largest absolute Gasteiger partial charge is 0.298 e. The fourth-order valence-electron chi connectivity index (χ4n) is 3.58. The molecule has 0 aliphatic heterocycles. The average Bonchev–Trinajstić information content (AvgIpc) is 3.29. The second-order valence-electron chi connectivity index (χ2n) is 8.33.